The number of amides is 1. The number of anilines is 1. The highest BCUT2D eigenvalue weighted by molar-refractivity contribution is 9.10. The van der Waals surface area contributed by atoms with E-state index in [0.717, 1.165) is 21.3 Å². The Bertz CT molecular complexity index is 807. The summed E-state index contributed by atoms with van der Waals surface area (Å²) in [5.41, 5.74) is 3.15. The number of rotatable bonds is 10. The van der Waals surface area contributed by atoms with Crippen molar-refractivity contribution in [3.8, 4) is 11.5 Å². The first-order valence-corrected chi connectivity index (χ1v) is 10.8. The highest BCUT2D eigenvalue weighted by atomic mass is 79.9. The van der Waals surface area contributed by atoms with E-state index in [9.17, 15) is 4.79 Å². The molecule has 0 aliphatic rings. The molecule has 0 N–H and O–H groups in total. The number of hydrogen-bond acceptors (Lipinski definition) is 4. The van der Waals surface area contributed by atoms with Crippen LogP contribution in [0.4, 0.5) is 5.69 Å². The SMILES string of the molecule is CCOc1cc(Br)c(CC(=O)N(CC)Cc2ccc(N(C)C)cc2)cc1OCC. The number of ether oxygens (including phenoxy) is 2. The Labute approximate surface area is 182 Å². The van der Waals surface area contributed by atoms with Gasteiger partial charge in [0.25, 0.3) is 0 Å². The van der Waals surface area contributed by atoms with Crippen LogP contribution < -0.4 is 14.4 Å². The summed E-state index contributed by atoms with van der Waals surface area (Å²) in [6.45, 7) is 8.22. The van der Waals surface area contributed by atoms with E-state index < -0.39 is 0 Å². The second kappa shape index (κ2) is 11.1. The smallest absolute Gasteiger partial charge is 0.227 e. The lowest BCUT2D eigenvalue weighted by Crippen LogP contribution is -2.31. The van der Waals surface area contributed by atoms with Crippen LogP contribution in [0.25, 0.3) is 0 Å². The van der Waals surface area contributed by atoms with E-state index in [1.807, 2.05) is 51.9 Å². The molecule has 6 heteroatoms. The number of likely N-dealkylation sites (N-methyl/N-ethyl adjacent to an activating group) is 1. The van der Waals surface area contributed by atoms with Gasteiger partial charge in [0, 0.05) is 37.3 Å². The first kappa shape index (κ1) is 23.1. The third-order valence-electron chi connectivity index (χ3n) is 4.61. The molecule has 0 aromatic heterocycles. The van der Waals surface area contributed by atoms with Gasteiger partial charge in [-0.05, 0) is 56.2 Å². The molecule has 0 radical (unpaired) electrons. The van der Waals surface area contributed by atoms with Crippen LogP contribution in [0.3, 0.4) is 0 Å². The minimum absolute atomic E-state index is 0.0801. The minimum atomic E-state index is 0.0801. The topological polar surface area (TPSA) is 42.0 Å². The normalized spacial score (nSPS) is 10.6. The maximum absolute atomic E-state index is 13.0. The minimum Gasteiger partial charge on any atom is -0.490 e. The fraction of sp³-hybridized carbons (Fsp3) is 0.435. The van der Waals surface area contributed by atoms with Gasteiger partial charge in [0.2, 0.25) is 5.91 Å². The molecule has 158 valence electrons. The van der Waals surface area contributed by atoms with Gasteiger partial charge in [0.1, 0.15) is 0 Å². The quantitative estimate of drug-likeness (QED) is 0.503. The average molecular weight is 463 g/mol. The second-order valence-electron chi connectivity index (χ2n) is 6.90. The molecular formula is C23H31BrN2O3. The molecule has 0 aliphatic heterocycles. The molecule has 1 amide bonds. The lowest BCUT2D eigenvalue weighted by atomic mass is 10.1. The molecule has 0 saturated carbocycles. The van der Waals surface area contributed by atoms with E-state index >= 15 is 0 Å². The molecule has 0 heterocycles. The number of halogens is 1. The van der Waals surface area contributed by atoms with Gasteiger partial charge >= 0.3 is 0 Å². The molecular weight excluding hydrogens is 432 g/mol. The molecule has 29 heavy (non-hydrogen) atoms. The average Bonchev–Trinajstić information content (AvgIpc) is 2.70. The van der Waals surface area contributed by atoms with Crippen LogP contribution in [0.15, 0.2) is 40.9 Å². The number of benzene rings is 2. The molecule has 0 bridgehead atoms. The maximum atomic E-state index is 13.0. The fourth-order valence-electron chi connectivity index (χ4n) is 3.02. The molecule has 2 aromatic rings. The Kier molecular flexibility index (Phi) is 8.83. The van der Waals surface area contributed by atoms with Crippen molar-refractivity contribution >= 4 is 27.5 Å². The highest BCUT2D eigenvalue weighted by Gasteiger charge is 2.17. The first-order valence-electron chi connectivity index (χ1n) is 10.0. The fourth-order valence-corrected chi connectivity index (χ4v) is 3.48. The van der Waals surface area contributed by atoms with E-state index in [1.54, 1.807) is 0 Å². The standard InChI is InChI=1S/C23H31BrN2O3/c1-6-26(16-17-9-11-19(12-10-17)25(4)5)23(27)14-18-13-21(28-7-2)22(29-8-3)15-20(18)24/h9-13,15H,6-8,14,16H2,1-5H3. The second-order valence-corrected chi connectivity index (χ2v) is 7.76. The zero-order valence-corrected chi connectivity index (χ0v) is 19.6. The van der Waals surface area contributed by atoms with E-state index in [2.05, 4.69) is 45.1 Å². The summed E-state index contributed by atoms with van der Waals surface area (Å²) in [6, 6.07) is 12.1. The molecule has 0 unspecified atom stereocenters. The van der Waals surface area contributed by atoms with Crippen molar-refractivity contribution in [1.82, 2.24) is 4.90 Å². The van der Waals surface area contributed by atoms with Gasteiger partial charge in [0.05, 0.1) is 19.6 Å². The largest absolute Gasteiger partial charge is 0.490 e. The van der Waals surface area contributed by atoms with Gasteiger partial charge in [-0.1, -0.05) is 28.1 Å². The zero-order valence-electron chi connectivity index (χ0n) is 18.0. The molecule has 0 spiro atoms. The van der Waals surface area contributed by atoms with E-state index in [-0.39, 0.29) is 5.91 Å². The monoisotopic (exact) mass is 462 g/mol. The summed E-state index contributed by atoms with van der Waals surface area (Å²) in [5.74, 6) is 1.44. The maximum Gasteiger partial charge on any atom is 0.227 e. The van der Waals surface area contributed by atoms with Gasteiger partial charge < -0.3 is 19.3 Å². The van der Waals surface area contributed by atoms with Crippen LogP contribution in [-0.2, 0) is 17.8 Å². The predicted molar refractivity (Wildman–Crippen MR) is 122 cm³/mol. The number of nitrogens with zero attached hydrogens (tertiary/aromatic N) is 2. The molecule has 2 rings (SSSR count). The number of carbonyl (C=O) groups excluding carboxylic acids is 1. The van der Waals surface area contributed by atoms with Gasteiger partial charge in [-0.2, -0.15) is 0 Å². The van der Waals surface area contributed by atoms with Crippen molar-refractivity contribution in [3.05, 3.63) is 52.0 Å². The van der Waals surface area contributed by atoms with Crippen LogP contribution in [-0.4, -0.2) is 44.7 Å². The van der Waals surface area contributed by atoms with Crippen molar-refractivity contribution < 1.29 is 14.3 Å². The van der Waals surface area contributed by atoms with Crippen LogP contribution in [0, 0.1) is 0 Å². The van der Waals surface area contributed by atoms with Crippen molar-refractivity contribution in [2.24, 2.45) is 0 Å². The molecule has 2 aromatic carbocycles. The van der Waals surface area contributed by atoms with Crippen molar-refractivity contribution in [1.29, 1.82) is 0 Å². The van der Waals surface area contributed by atoms with Crippen LogP contribution in [0.1, 0.15) is 31.9 Å². The molecule has 0 fully saturated rings. The van der Waals surface area contributed by atoms with Crippen molar-refractivity contribution in [2.45, 2.75) is 33.7 Å². The summed E-state index contributed by atoms with van der Waals surface area (Å²) < 4.78 is 12.2. The third-order valence-corrected chi connectivity index (χ3v) is 5.35. The van der Waals surface area contributed by atoms with Crippen LogP contribution >= 0.6 is 15.9 Å². The van der Waals surface area contributed by atoms with Crippen LogP contribution in [0.2, 0.25) is 0 Å². The third kappa shape index (κ3) is 6.39. The van der Waals surface area contributed by atoms with E-state index in [0.29, 0.717) is 44.2 Å². The molecule has 0 aliphatic carbocycles. The van der Waals surface area contributed by atoms with Gasteiger partial charge in [-0.3, -0.25) is 4.79 Å². The Morgan fingerprint density at radius 1 is 0.966 bits per heavy atom. The van der Waals surface area contributed by atoms with Gasteiger partial charge in [-0.25, -0.2) is 0 Å². The highest BCUT2D eigenvalue weighted by Crippen LogP contribution is 2.34. The summed E-state index contributed by atoms with van der Waals surface area (Å²) in [7, 11) is 4.03. The molecule has 0 atom stereocenters. The summed E-state index contributed by atoms with van der Waals surface area (Å²) in [6.07, 6.45) is 0.302. The van der Waals surface area contributed by atoms with E-state index in [1.165, 1.54) is 0 Å². The Hall–Kier alpha value is -2.21. The van der Waals surface area contributed by atoms with Crippen LogP contribution in [0.5, 0.6) is 11.5 Å². The number of carbonyl (C=O) groups is 1. The lowest BCUT2D eigenvalue weighted by molar-refractivity contribution is -0.130. The lowest BCUT2D eigenvalue weighted by Gasteiger charge is -2.22. The first-order chi connectivity index (χ1) is 13.9. The molecule has 0 saturated heterocycles. The van der Waals surface area contributed by atoms with Gasteiger partial charge in [0.15, 0.2) is 11.5 Å². The zero-order chi connectivity index (χ0) is 21.4. The van der Waals surface area contributed by atoms with Crippen molar-refractivity contribution in [2.75, 3.05) is 38.8 Å². The van der Waals surface area contributed by atoms with Crippen molar-refractivity contribution in [3.63, 3.8) is 0 Å². The summed E-state index contributed by atoms with van der Waals surface area (Å²) in [5, 5.41) is 0. The summed E-state index contributed by atoms with van der Waals surface area (Å²) >= 11 is 3.58. The Morgan fingerprint density at radius 2 is 1.55 bits per heavy atom. The van der Waals surface area contributed by atoms with Gasteiger partial charge in [-0.15, -0.1) is 0 Å². The number of hydrogen-bond donors (Lipinski definition) is 0. The molecule has 5 nitrogen and oxygen atoms in total. The Morgan fingerprint density at radius 3 is 2.07 bits per heavy atom. The van der Waals surface area contributed by atoms with E-state index in [4.69, 9.17) is 9.47 Å². The summed E-state index contributed by atoms with van der Waals surface area (Å²) in [4.78, 5) is 16.9. The predicted octanol–water partition coefficient (Wildman–Crippen LogP) is 4.90. The Balaban J connectivity index is 2.14.